The maximum atomic E-state index is 12.3. The van der Waals surface area contributed by atoms with Crippen molar-refractivity contribution in [1.29, 1.82) is 0 Å². The molecular weight excluding hydrogens is 223 g/mol. The van der Waals surface area contributed by atoms with Gasteiger partial charge in [-0.3, -0.25) is 9.48 Å². The Morgan fingerprint density at radius 3 is 2.12 bits per heavy atom. The van der Waals surface area contributed by atoms with Gasteiger partial charge in [0.1, 0.15) is 0 Å². The minimum atomic E-state index is -3.75. The van der Waals surface area contributed by atoms with E-state index in [1.165, 1.54) is 0 Å². The molecule has 1 aromatic carbocycles. The average Bonchev–Trinajstić information content (AvgIpc) is 2.17. The van der Waals surface area contributed by atoms with E-state index in [2.05, 4.69) is 0 Å². The molecule has 16 heavy (non-hydrogen) atoms. The van der Waals surface area contributed by atoms with Crippen molar-refractivity contribution in [2.45, 2.75) is 0 Å². The molecule has 0 bridgehead atoms. The van der Waals surface area contributed by atoms with Crippen LogP contribution in [0.15, 0.2) is 30.3 Å². The van der Waals surface area contributed by atoms with E-state index in [9.17, 15) is 9.46 Å². The second kappa shape index (κ2) is 4.81. The average molecular weight is 240 g/mol. The van der Waals surface area contributed by atoms with Crippen LogP contribution in [0.25, 0.3) is 0 Å². The Morgan fingerprint density at radius 1 is 1.25 bits per heavy atom. The van der Waals surface area contributed by atoms with Crippen molar-refractivity contribution < 1.29 is 14.0 Å². The van der Waals surface area contributed by atoms with Gasteiger partial charge in [0.25, 0.3) is 5.58 Å². The van der Waals surface area contributed by atoms with Crippen LogP contribution in [0.5, 0.6) is 0 Å². The fourth-order valence-electron chi connectivity index (χ4n) is 1.67. The third-order valence-corrected chi connectivity index (χ3v) is 4.46. The summed E-state index contributed by atoms with van der Waals surface area (Å²) in [4.78, 5) is 13.9. The zero-order valence-electron chi connectivity index (χ0n) is 10.0. The van der Waals surface area contributed by atoms with Crippen molar-refractivity contribution >= 4 is 18.3 Å². The molecule has 0 heterocycles. The van der Waals surface area contributed by atoms with Gasteiger partial charge in [0.05, 0.1) is 28.2 Å². The molecule has 1 aromatic rings. The van der Waals surface area contributed by atoms with Crippen LogP contribution in [0.4, 0.5) is 0 Å². The fourth-order valence-corrected chi connectivity index (χ4v) is 3.52. The number of hydrogen-bond acceptors (Lipinski definition) is 2. The van der Waals surface area contributed by atoms with E-state index >= 15 is 0 Å². The van der Waals surface area contributed by atoms with Crippen LogP contribution in [0.2, 0.25) is 0 Å². The van der Waals surface area contributed by atoms with Crippen LogP contribution in [-0.2, 0) is 4.57 Å². The van der Waals surface area contributed by atoms with Gasteiger partial charge in [0.15, 0.2) is 7.37 Å². The second-order valence-electron chi connectivity index (χ2n) is 3.98. The molecule has 0 saturated carbocycles. The Kier molecular flexibility index (Phi) is 3.89. The number of benzene rings is 1. The van der Waals surface area contributed by atoms with Gasteiger partial charge >= 0.3 is 0 Å². The Morgan fingerprint density at radius 2 is 1.75 bits per heavy atom. The third-order valence-electron chi connectivity index (χ3n) is 2.16. The van der Waals surface area contributed by atoms with E-state index in [-0.39, 0.29) is 0 Å². The van der Waals surface area contributed by atoms with Crippen molar-refractivity contribution in [3.8, 4) is 0 Å². The molecule has 5 heteroatoms. The maximum Gasteiger partial charge on any atom is 0.294 e. The Hall–Kier alpha value is -1.12. The summed E-state index contributed by atoms with van der Waals surface area (Å²) in [6.07, 6.45) is 0. The van der Waals surface area contributed by atoms with Crippen LogP contribution in [0, 0.1) is 0 Å². The molecule has 1 atom stereocenters. The summed E-state index contributed by atoms with van der Waals surface area (Å²) in [6.45, 7) is 0. The highest BCUT2D eigenvalue weighted by Gasteiger charge is 2.27. The first-order valence-electron chi connectivity index (χ1n) is 4.96. The highest BCUT2D eigenvalue weighted by molar-refractivity contribution is 7.80. The number of nitrogens with zero attached hydrogens (tertiary/aromatic N) is 2. The monoisotopic (exact) mass is 240 g/mol. The predicted molar refractivity (Wildman–Crippen MR) is 64.5 cm³/mol. The van der Waals surface area contributed by atoms with E-state index in [1.54, 1.807) is 68.0 Å². The first-order valence-corrected chi connectivity index (χ1v) is 6.58. The molecule has 0 amide bonds. The Bertz CT molecular complexity index is 437. The van der Waals surface area contributed by atoms with Crippen LogP contribution < -0.4 is 10.2 Å². The van der Waals surface area contributed by atoms with Crippen molar-refractivity contribution in [2.75, 3.05) is 28.2 Å². The molecule has 0 aromatic heterocycles. The van der Waals surface area contributed by atoms with Gasteiger partial charge in [0, 0.05) is 5.30 Å². The van der Waals surface area contributed by atoms with Crippen molar-refractivity contribution in [2.24, 2.45) is 0 Å². The summed E-state index contributed by atoms with van der Waals surface area (Å²) in [5.41, 5.74) is 0.304. The van der Waals surface area contributed by atoms with E-state index in [0.717, 1.165) is 0 Å². The molecule has 0 aliphatic rings. The summed E-state index contributed by atoms with van der Waals surface area (Å²) in [5.74, 6) is 0. The van der Waals surface area contributed by atoms with Crippen molar-refractivity contribution in [3.63, 3.8) is 0 Å². The van der Waals surface area contributed by atoms with E-state index in [0.29, 0.717) is 10.9 Å². The molecule has 4 nitrogen and oxygen atoms in total. The van der Waals surface area contributed by atoms with Gasteiger partial charge in [-0.25, -0.2) is 0 Å². The normalized spacial score (nSPS) is 14.1. The molecule has 0 radical (unpaired) electrons. The first-order chi connectivity index (χ1) is 7.37. The van der Waals surface area contributed by atoms with Gasteiger partial charge in [-0.1, -0.05) is 30.3 Å². The predicted octanol–water partition coefficient (Wildman–Crippen LogP) is 0.140. The summed E-state index contributed by atoms with van der Waals surface area (Å²) >= 11 is 0. The number of hydrogen-bond donors (Lipinski definition) is 0. The van der Waals surface area contributed by atoms with Crippen LogP contribution in [-0.4, -0.2) is 43.2 Å². The molecule has 1 rings (SSSR count). The Balaban J connectivity index is 3.32. The van der Waals surface area contributed by atoms with Crippen LogP contribution >= 0.6 is 7.37 Å². The smallest absolute Gasteiger partial charge is 0.294 e. The lowest BCUT2D eigenvalue weighted by Crippen LogP contribution is -2.37. The first kappa shape index (κ1) is 12.9. The minimum absolute atomic E-state index is 0.304. The van der Waals surface area contributed by atoms with Gasteiger partial charge in [-0.2, -0.15) is 0 Å². The lowest BCUT2D eigenvalue weighted by molar-refractivity contribution is -0.467. The summed E-state index contributed by atoms with van der Waals surface area (Å²) < 4.78 is 13.9. The molecule has 0 fully saturated rings. The van der Waals surface area contributed by atoms with E-state index < -0.39 is 7.37 Å². The zero-order valence-corrected chi connectivity index (χ0v) is 10.9. The highest BCUT2D eigenvalue weighted by atomic mass is 31.2. The third kappa shape index (κ3) is 2.52. The van der Waals surface area contributed by atoms with Gasteiger partial charge < -0.3 is 9.46 Å². The van der Waals surface area contributed by atoms with Crippen LogP contribution in [0.3, 0.4) is 0 Å². The largest absolute Gasteiger partial charge is 0.787 e. The molecule has 0 spiro atoms. The van der Waals surface area contributed by atoms with Crippen molar-refractivity contribution in [3.05, 3.63) is 30.3 Å². The Labute approximate surface area is 96.3 Å². The SMILES string of the molecule is CN(C)C(=[N+](C)C)P(=O)([O-])c1ccccc1. The van der Waals surface area contributed by atoms with Crippen molar-refractivity contribution in [1.82, 2.24) is 4.90 Å². The molecule has 0 aliphatic carbocycles. The van der Waals surface area contributed by atoms with E-state index in [4.69, 9.17) is 0 Å². The van der Waals surface area contributed by atoms with Gasteiger partial charge in [0.2, 0.25) is 0 Å². The quantitative estimate of drug-likeness (QED) is 0.320. The number of rotatable bonds is 2. The van der Waals surface area contributed by atoms with Crippen LogP contribution in [0.1, 0.15) is 0 Å². The summed E-state index contributed by atoms with van der Waals surface area (Å²) in [5, 5.41) is 0.340. The molecule has 0 saturated heterocycles. The summed E-state index contributed by atoms with van der Waals surface area (Å²) in [6, 6.07) is 8.47. The zero-order chi connectivity index (χ0) is 12.3. The molecule has 1 unspecified atom stereocenters. The highest BCUT2D eigenvalue weighted by Crippen LogP contribution is 2.36. The standard InChI is InChI=1S/C11H17N2O2P/c1-12(2)11(13(3)4)16(14,15)10-8-6-5-7-9-10/h5-9H,1-4H3. The fraction of sp³-hybridized carbons (Fsp3) is 0.364. The van der Waals surface area contributed by atoms with Gasteiger partial charge in [-0.05, 0) is 0 Å². The minimum Gasteiger partial charge on any atom is -0.787 e. The number of amidine groups is 1. The van der Waals surface area contributed by atoms with Gasteiger partial charge in [-0.15, -0.1) is 0 Å². The molecule has 0 N–H and O–H groups in total. The topological polar surface area (TPSA) is 46.4 Å². The summed E-state index contributed by atoms with van der Waals surface area (Å²) in [7, 11) is 3.15. The molecule has 88 valence electrons. The maximum absolute atomic E-state index is 12.3. The lowest BCUT2D eigenvalue weighted by Gasteiger charge is -2.26. The van der Waals surface area contributed by atoms with E-state index in [1.807, 2.05) is 0 Å². The molecule has 0 aliphatic heterocycles. The lowest BCUT2D eigenvalue weighted by atomic mass is 10.4. The second-order valence-corrected chi connectivity index (χ2v) is 6.00. The molecular formula is C11H17N2O2P.